The number of ether oxygens (including phenoxy) is 1. The Bertz CT molecular complexity index is 429. The van der Waals surface area contributed by atoms with Gasteiger partial charge in [0.1, 0.15) is 18.2 Å². The van der Waals surface area contributed by atoms with Crippen molar-refractivity contribution in [1.82, 2.24) is 0 Å². The monoisotopic (exact) mass is 244 g/mol. The summed E-state index contributed by atoms with van der Waals surface area (Å²) in [6.07, 6.45) is 1.42. The van der Waals surface area contributed by atoms with Crippen LogP contribution in [0.4, 0.5) is 4.39 Å². The first-order valence-corrected chi connectivity index (χ1v) is 4.86. The number of carboxylic acid groups (broad SMARTS) is 1. The lowest BCUT2D eigenvalue weighted by Crippen LogP contribution is -2.00. The minimum Gasteiger partial charge on any atom is -0.489 e. The summed E-state index contributed by atoms with van der Waals surface area (Å²) in [5.74, 6) is -1.13. The number of carboxylic acids is 1. The van der Waals surface area contributed by atoms with Gasteiger partial charge in [-0.2, -0.15) is 0 Å². The van der Waals surface area contributed by atoms with Gasteiger partial charge in [0.05, 0.1) is 5.02 Å². The molecule has 0 saturated carbocycles. The zero-order valence-electron chi connectivity index (χ0n) is 8.54. The highest BCUT2D eigenvalue weighted by molar-refractivity contribution is 6.30. The highest BCUT2D eigenvalue weighted by Crippen LogP contribution is 2.20. The van der Waals surface area contributed by atoms with E-state index >= 15 is 0 Å². The van der Waals surface area contributed by atoms with Gasteiger partial charge in [0.25, 0.3) is 0 Å². The van der Waals surface area contributed by atoms with Crippen LogP contribution in [0.1, 0.15) is 6.92 Å². The van der Waals surface area contributed by atoms with Gasteiger partial charge in [0.15, 0.2) is 0 Å². The molecule has 0 saturated heterocycles. The van der Waals surface area contributed by atoms with E-state index in [-0.39, 0.29) is 17.2 Å². The molecule has 0 radical (unpaired) electrons. The highest BCUT2D eigenvalue weighted by atomic mass is 35.5. The molecule has 1 rings (SSSR count). The van der Waals surface area contributed by atoms with Gasteiger partial charge in [0.2, 0.25) is 0 Å². The van der Waals surface area contributed by atoms with Crippen LogP contribution in [-0.4, -0.2) is 17.7 Å². The molecule has 5 heteroatoms. The second kappa shape index (κ2) is 5.51. The van der Waals surface area contributed by atoms with Crippen molar-refractivity contribution in [3.8, 4) is 5.75 Å². The first kappa shape index (κ1) is 12.5. The van der Waals surface area contributed by atoms with Gasteiger partial charge in [-0.3, -0.25) is 0 Å². The molecule has 1 aromatic rings. The van der Waals surface area contributed by atoms with Crippen LogP contribution in [-0.2, 0) is 4.79 Å². The van der Waals surface area contributed by atoms with Crippen molar-refractivity contribution in [2.24, 2.45) is 0 Å². The number of hydrogen-bond acceptors (Lipinski definition) is 2. The Balaban J connectivity index is 2.59. The standard InChI is InChI=1S/C11H10ClFO3/c1-7(11(14)15)4-5-16-8-2-3-10(13)9(12)6-8/h2-4,6H,5H2,1H3,(H,14,15). The number of carbonyl (C=O) groups is 1. The molecule has 0 amide bonds. The van der Waals surface area contributed by atoms with Crippen LogP contribution >= 0.6 is 11.6 Å². The second-order valence-electron chi connectivity index (χ2n) is 3.08. The molecule has 0 atom stereocenters. The summed E-state index contributed by atoms with van der Waals surface area (Å²) in [4.78, 5) is 10.4. The summed E-state index contributed by atoms with van der Waals surface area (Å²) in [5, 5.41) is 8.53. The molecule has 0 aliphatic heterocycles. The SMILES string of the molecule is CC(=CCOc1ccc(F)c(Cl)c1)C(=O)O. The molecule has 0 bridgehead atoms. The molecule has 0 aromatic heterocycles. The first-order chi connectivity index (χ1) is 7.50. The first-order valence-electron chi connectivity index (χ1n) is 4.48. The molecule has 0 aliphatic carbocycles. The van der Waals surface area contributed by atoms with E-state index in [0.717, 1.165) is 0 Å². The molecule has 0 unspecified atom stereocenters. The van der Waals surface area contributed by atoms with Crippen molar-refractivity contribution in [3.63, 3.8) is 0 Å². The summed E-state index contributed by atoms with van der Waals surface area (Å²) >= 11 is 5.54. The summed E-state index contributed by atoms with van der Waals surface area (Å²) in [5.41, 5.74) is 0.188. The van der Waals surface area contributed by atoms with E-state index in [2.05, 4.69) is 0 Å². The molecule has 0 aliphatic rings. The Morgan fingerprint density at radius 2 is 2.31 bits per heavy atom. The Kier molecular flexibility index (Phi) is 4.31. The summed E-state index contributed by atoms with van der Waals surface area (Å²) < 4.78 is 17.9. The van der Waals surface area contributed by atoms with E-state index in [1.807, 2.05) is 0 Å². The molecule has 0 fully saturated rings. The number of rotatable bonds is 4. The predicted molar refractivity (Wildman–Crippen MR) is 58.3 cm³/mol. The Morgan fingerprint density at radius 3 is 2.88 bits per heavy atom. The predicted octanol–water partition coefficient (Wildman–Crippen LogP) is 2.89. The van der Waals surface area contributed by atoms with Crippen LogP contribution < -0.4 is 4.74 Å². The summed E-state index contributed by atoms with van der Waals surface area (Å²) in [6.45, 7) is 1.56. The van der Waals surface area contributed by atoms with Gasteiger partial charge in [0, 0.05) is 11.6 Å². The average molecular weight is 245 g/mol. The van der Waals surface area contributed by atoms with Crippen LogP contribution in [0.15, 0.2) is 29.8 Å². The van der Waals surface area contributed by atoms with Crippen molar-refractivity contribution in [3.05, 3.63) is 40.7 Å². The van der Waals surface area contributed by atoms with Crippen molar-refractivity contribution in [2.75, 3.05) is 6.61 Å². The van der Waals surface area contributed by atoms with Gasteiger partial charge < -0.3 is 9.84 Å². The highest BCUT2D eigenvalue weighted by Gasteiger charge is 2.02. The fourth-order valence-corrected chi connectivity index (χ4v) is 1.09. The molecule has 1 N–H and O–H groups in total. The quantitative estimate of drug-likeness (QED) is 0.829. The Hall–Kier alpha value is -1.55. The minimum atomic E-state index is -0.999. The molecule has 0 spiro atoms. The van der Waals surface area contributed by atoms with Crippen molar-refractivity contribution >= 4 is 17.6 Å². The van der Waals surface area contributed by atoms with E-state index in [9.17, 15) is 9.18 Å². The lowest BCUT2D eigenvalue weighted by Gasteiger charge is -2.04. The van der Waals surface area contributed by atoms with E-state index < -0.39 is 11.8 Å². The summed E-state index contributed by atoms with van der Waals surface area (Å²) in [6, 6.07) is 3.94. The second-order valence-corrected chi connectivity index (χ2v) is 3.49. The minimum absolute atomic E-state index is 0.0311. The maximum Gasteiger partial charge on any atom is 0.331 e. The smallest absolute Gasteiger partial charge is 0.331 e. The molecule has 0 heterocycles. The van der Waals surface area contributed by atoms with E-state index in [1.54, 1.807) is 0 Å². The topological polar surface area (TPSA) is 46.5 Å². The van der Waals surface area contributed by atoms with Crippen LogP contribution in [0.5, 0.6) is 5.75 Å². The number of halogens is 2. The largest absolute Gasteiger partial charge is 0.489 e. The molecule has 86 valence electrons. The normalized spacial score (nSPS) is 11.3. The zero-order valence-corrected chi connectivity index (χ0v) is 9.29. The van der Waals surface area contributed by atoms with E-state index in [1.165, 1.54) is 31.2 Å². The Labute approximate surface area is 97.1 Å². The molecule has 16 heavy (non-hydrogen) atoms. The van der Waals surface area contributed by atoms with Crippen molar-refractivity contribution in [1.29, 1.82) is 0 Å². The fraction of sp³-hybridized carbons (Fsp3) is 0.182. The van der Waals surface area contributed by atoms with E-state index in [0.29, 0.717) is 5.75 Å². The van der Waals surface area contributed by atoms with Gasteiger partial charge in [-0.05, 0) is 25.1 Å². The third kappa shape index (κ3) is 3.55. The van der Waals surface area contributed by atoms with Crippen LogP contribution in [0, 0.1) is 5.82 Å². The van der Waals surface area contributed by atoms with Gasteiger partial charge in [-0.1, -0.05) is 11.6 Å². The van der Waals surface area contributed by atoms with Gasteiger partial charge >= 0.3 is 5.97 Å². The molecule has 3 nitrogen and oxygen atoms in total. The molecular weight excluding hydrogens is 235 g/mol. The lowest BCUT2D eigenvalue weighted by molar-refractivity contribution is -0.132. The van der Waals surface area contributed by atoms with Crippen LogP contribution in [0.3, 0.4) is 0 Å². The fourth-order valence-electron chi connectivity index (χ4n) is 0.917. The maximum atomic E-state index is 12.8. The lowest BCUT2D eigenvalue weighted by atomic mass is 10.3. The van der Waals surface area contributed by atoms with Crippen molar-refractivity contribution in [2.45, 2.75) is 6.92 Å². The van der Waals surface area contributed by atoms with Crippen LogP contribution in [0.25, 0.3) is 0 Å². The zero-order chi connectivity index (χ0) is 12.1. The van der Waals surface area contributed by atoms with Crippen LogP contribution in [0.2, 0.25) is 5.02 Å². The molecule has 1 aromatic carbocycles. The van der Waals surface area contributed by atoms with Gasteiger partial charge in [-0.15, -0.1) is 0 Å². The van der Waals surface area contributed by atoms with E-state index in [4.69, 9.17) is 21.4 Å². The third-order valence-electron chi connectivity index (χ3n) is 1.87. The average Bonchev–Trinajstić information content (AvgIpc) is 2.23. The van der Waals surface area contributed by atoms with Gasteiger partial charge in [-0.25, -0.2) is 9.18 Å². The number of aliphatic carboxylic acids is 1. The maximum absolute atomic E-state index is 12.8. The molecular formula is C11H10ClFO3. The number of hydrogen-bond donors (Lipinski definition) is 1. The van der Waals surface area contributed by atoms with Crippen molar-refractivity contribution < 1.29 is 19.0 Å². The summed E-state index contributed by atoms with van der Waals surface area (Å²) in [7, 11) is 0. The number of benzene rings is 1. The Morgan fingerprint density at radius 1 is 1.62 bits per heavy atom. The third-order valence-corrected chi connectivity index (χ3v) is 2.16.